The van der Waals surface area contributed by atoms with Gasteiger partial charge < -0.3 is 15.5 Å². The Bertz CT molecular complexity index is 387. The number of hydrogen-bond acceptors (Lipinski definition) is 3. The summed E-state index contributed by atoms with van der Waals surface area (Å²) < 4.78 is 0. The Hall–Kier alpha value is -1.22. The summed E-state index contributed by atoms with van der Waals surface area (Å²) in [6.45, 7) is 4.44. The molecule has 0 radical (unpaired) electrons. The molecule has 0 aromatic heterocycles. The Morgan fingerprint density at radius 3 is 2.88 bits per heavy atom. The first-order valence-electron chi connectivity index (χ1n) is 6.35. The van der Waals surface area contributed by atoms with Crippen LogP contribution in [0.4, 0.5) is 11.4 Å². The third kappa shape index (κ3) is 2.72. The van der Waals surface area contributed by atoms with Gasteiger partial charge in [0.15, 0.2) is 0 Å². The van der Waals surface area contributed by atoms with Crippen molar-refractivity contribution in [1.29, 1.82) is 0 Å². The summed E-state index contributed by atoms with van der Waals surface area (Å²) in [5.41, 5.74) is 9.40. The highest BCUT2D eigenvalue weighted by Gasteiger charge is 2.26. The van der Waals surface area contributed by atoms with Crippen LogP contribution >= 0.6 is 0 Å². The monoisotopic (exact) mass is 233 g/mol. The van der Waals surface area contributed by atoms with E-state index in [0.29, 0.717) is 6.04 Å². The maximum atomic E-state index is 5.90. The van der Waals surface area contributed by atoms with Crippen molar-refractivity contribution >= 4 is 11.4 Å². The van der Waals surface area contributed by atoms with Gasteiger partial charge in [-0.1, -0.05) is 6.07 Å². The molecule has 0 aliphatic carbocycles. The topological polar surface area (TPSA) is 32.5 Å². The highest BCUT2D eigenvalue weighted by atomic mass is 15.2. The summed E-state index contributed by atoms with van der Waals surface area (Å²) in [6.07, 6.45) is 2.57. The van der Waals surface area contributed by atoms with Crippen LogP contribution in [0.3, 0.4) is 0 Å². The third-order valence-corrected chi connectivity index (χ3v) is 3.50. The molecule has 0 saturated carbocycles. The van der Waals surface area contributed by atoms with Gasteiger partial charge >= 0.3 is 0 Å². The van der Waals surface area contributed by atoms with Crippen LogP contribution in [0.25, 0.3) is 0 Å². The average Bonchev–Trinajstić information content (AvgIpc) is 2.69. The van der Waals surface area contributed by atoms with Gasteiger partial charge in [0.2, 0.25) is 0 Å². The van der Waals surface area contributed by atoms with Crippen molar-refractivity contribution in [2.45, 2.75) is 25.8 Å². The van der Waals surface area contributed by atoms with Crippen molar-refractivity contribution in [1.82, 2.24) is 4.90 Å². The number of likely N-dealkylation sites (N-methyl/N-ethyl adjacent to an activating group) is 1. The maximum Gasteiger partial charge on any atom is 0.0419 e. The van der Waals surface area contributed by atoms with Gasteiger partial charge in [-0.15, -0.1) is 0 Å². The van der Waals surface area contributed by atoms with Crippen LogP contribution in [0, 0.1) is 6.92 Å². The first-order chi connectivity index (χ1) is 8.08. The van der Waals surface area contributed by atoms with Crippen molar-refractivity contribution in [2.75, 3.05) is 37.8 Å². The van der Waals surface area contributed by atoms with E-state index in [-0.39, 0.29) is 0 Å². The lowest BCUT2D eigenvalue weighted by molar-refractivity contribution is 0.372. The normalized spacial score (nSPS) is 20.2. The van der Waals surface area contributed by atoms with Gasteiger partial charge in [0.05, 0.1) is 0 Å². The Morgan fingerprint density at radius 2 is 2.18 bits per heavy atom. The van der Waals surface area contributed by atoms with Crippen molar-refractivity contribution in [3.63, 3.8) is 0 Å². The highest BCUT2D eigenvalue weighted by Crippen LogP contribution is 2.30. The zero-order valence-corrected chi connectivity index (χ0v) is 11.1. The largest absolute Gasteiger partial charge is 0.399 e. The van der Waals surface area contributed by atoms with E-state index in [0.717, 1.165) is 18.8 Å². The fourth-order valence-corrected chi connectivity index (χ4v) is 2.70. The number of anilines is 2. The maximum absolute atomic E-state index is 5.90. The SMILES string of the molecule is Cc1ccc(N)cc1N1CCCC1CN(C)C. The standard InChI is InChI=1S/C14H23N3/c1-11-6-7-12(15)9-14(11)17-8-4-5-13(17)10-16(2)3/h6-7,9,13H,4-5,8,10,15H2,1-3H3. The molecule has 1 fully saturated rings. The molecule has 0 spiro atoms. The molecule has 3 heteroatoms. The molecule has 1 saturated heterocycles. The second-order valence-electron chi connectivity index (χ2n) is 5.30. The van der Waals surface area contributed by atoms with Crippen LogP contribution in [0.5, 0.6) is 0 Å². The van der Waals surface area contributed by atoms with Gasteiger partial charge in [0.25, 0.3) is 0 Å². The summed E-state index contributed by atoms with van der Waals surface area (Å²) >= 11 is 0. The van der Waals surface area contributed by atoms with Gasteiger partial charge in [0, 0.05) is 30.5 Å². The van der Waals surface area contributed by atoms with E-state index < -0.39 is 0 Å². The van der Waals surface area contributed by atoms with Crippen molar-refractivity contribution in [2.24, 2.45) is 0 Å². The third-order valence-electron chi connectivity index (χ3n) is 3.50. The number of hydrogen-bond donors (Lipinski definition) is 1. The van der Waals surface area contributed by atoms with Crippen LogP contribution in [0.15, 0.2) is 18.2 Å². The Morgan fingerprint density at radius 1 is 1.41 bits per heavy atom. The molecular weight excluding hydrogens is 210 g/mol. The zero-order valence-electron chi connectivity index (χ0n) is 11.1. The Labute approximate surface area is 104 Å². The van der Waals surface area contributed by atoms with E-state index in [1.54, 1.807) is 0 Å². The van der Waals surface area contributed by atoms with Crippen molar-refractivity contribution in [3.05, 3.63) is 23.8 Å². The fourth-order valence-electron chi connectivity index (χ4n) is 2.70. The fraction of sp³-hybridized carbons (Fsp3) is 0.571. The van der Waals surface area contributed by atoms with E-state index in [2.05, 4.69) is 43.0 Å². The summed E-state index contributed by atoms with van der Waals surface area (Å²) in [7, 11) is 4.28. The summed E-state index contributed by atoms with van der Waals surface area (Å²) in [4.78, 5) is 4.79. The van der Waals surface area contributed by atoms with Crippen molar-refractivity contribution < 1.29 is 0 Å². The minimum absolute atomic E-state index is 0.630. The molecule has 0 bridgehead atoms. The molecule has 2 rings (SSSR count). The average molecular weight is 233 g/mol. The molecule has 1 heterocycles. The minimum atomic E-state index is 0.630. The Kier molecular flexibility index (Phi) is 3.57. The number of nitrogen functional groups attached to an aromatic ring is 1. The zero-order chi connectivity index (χ0) is 12.4. The Balaban J connectivity index is 2.22. The van der Waals surface area contributed by atoms with Gasteiger partial charge in [-0.25, -0.2) is 0 Å². The molecule has 1 aromatic rings. The number of aryl methyl sites for hydroxylation is 1. The molecule has 94 valence electrons. The van der Waals surface area contributed by atoms with E-state index >= 15 is 0 Å². The van der Waals surface area contributed by atoms with Crippen LogP contribution in [0.1, 0.15) is 18.4 Å². The molecule has 2 N–H and O–H groups in total. The summed E-state index contributed by atoms with van der Waals surface area (Å²) in [5, 5.41) is 0. The molecule has 1 aliphatic heterocycles. The minimum Gasteiger partial charge on any atom is -0.399 e. The quantitative estimate of drug-likeness (QED) is 0.812. The summed E-state index contributed by atoms with van der Waals surface area (Å²) in [5.74, 6) is 0. The summed E-state index contributed by atoms with van der Waals surface area (Å²) in [6, 6.07) is 6.85. The van der Waals surface area contributed by atoms with E-state index in [9.17, 15) is 0 Å². The predicted octanol–water partition coefficient (Wildman–Crippen LogP) is 2.11. The first kappa shape index (κ1) is 12.2. The van der Waals surface area contributed by atoms with Gasteiger partial charge in [0.1, 0.15) is 0 Å². The van der Waals surface area contributed by atoms with Crippen LogP contribution in [0.2, 0.25) is 0 Å². The van der Waals surface area contributed by atoms with E-state index in [1.807, 2.05) is 6.07 Å². The smallest absolute Gasteiger partial charge is 0.0419 e. The van der Waals surface area contributed by atoms with E-state index in [4.69, 9.17) is 5.73 Å². The van der Waals surface area contributed by atoms with Gasteiger partial charge in [-0.2, -0.15) is 0 Å². The highest BCUT2D eigenvalue weighted by molar-refractivity contribution is 5.61. The number of rotatable bonds is 3. The molecule has 0 amide bonds. The first-order valence-corrected chi connectivity index (χ1v) is 6.35. The van der Waals surface area contributed by atoms with Gasteiger partial charge in [-0.3, -0.25) is 0 Å². The van der Waals surface area contributed by atoms with Crippen molar-refractivity contribution in [3.8, 4) is 0 Å². The molecule has 1 atom stereocenters. The number of nitrogens with two attached hydrogens (primary N) is 1. The lowest BCUT2D eigenvalue weighted by Gasteiger charge is -2.30. The number of benzene rings is 1. The van der Waals surface area contributed by atoms with Crippen LogP contribution < -0.4 is 10.6 Å². The molecular formula is C14H23N3. The molecule has 1 aromatic carbocycles. The second-order valence-corrected chi connectivity index (χ2v) is 5.30. The second kappa shape index (κ2) is 4.96. The number of nitrogens with zero attached hydrogens (tertiary/aromatic N) is 2. The van der Waals surface area contributed by atoms with Gasteiger partial charge in [-0.05, 0) is 51.6 Å². The molecule has 1 aliphatic rings. The van der Waals surface area contributed by atoms with E-state index in [1.165, 1.54) is 24.1 Å². The lowest BCUT2D eigenvalue weighted by Crippen LogP contribution is -2.37. The predicted molar refractivity (Wildman–Crippen MR) is 74.5 cm³/mol. The molecule has 1 unspecified atom stereocenters. The molecule has 3 nitrogen and oxygen atoms in total. The van der Waals surface area contributed by atoms with Crippen LogP contribution in [-0.4, -0.2) is 38.1 Å². The lowest BCUT2D eigenvalue weighted by atomic mass is 10.1. The van der Waals surface area contributed by atoms with Crippen LogP contribution in [-0.2, 0) is 0 Å². The molecule has 17 heavy (non-hydrogen) atoms.